The first-order valence-corrected chi connectivity index (χ1v) is 10.4. The summed E-state index contributed by atoms with van der Waals surface area (Å²) in [6.07, 6.45) is 5.02. The zero-order valence-corrected chi connectivity index (χ0v) is 18.0. The van der Waals surface area contributed by atoms with Crippen LogP contribution < -0.4 is 10.2 Å². The highest BCUT2D eigenvalue weighted by Gasteiger charge is 2.23. The minimum Gasteiger partial charge on any atom is -0.352 e. The topological polar surface area (TPSA) is 78.4 Å². The van der Waals surface area contributed by atoms with Crippen molar-refractivity contribution in [2.75, 3.05) is 36.4 Å². The van der Waals surface area contributed by atoms with Crippen LogP contribution in [0.5, 0.6) is 0 Å². The molecule has 2 amide bonds. The van der Waals surface area contributed by atoms with Crippen molar-refractivity contribution in [1.82, 2.24) is 14.9 Å². The van der Waals surface area contributed by atoms with Gasteiger partial charge in [-0.1, -0.05) is 23.2 Å². The maximum atomic E-state index is 12.8. The second kappa shape index (κ2) is 9.32. The van der Waals surface area contributed by atoms with E-state index in [-0.39, 0.29) is 11.8 Å². The molecule has 158 valence electrons. The van der Waals surface area contributed by atoms with Gasteiger partial charge >= 0.3 is 0 Å². The molecule has 0 radical (unpaired) electrons. The molecule has 0 bridgehead atoms. The van der Waals surface area contributed by atoms with Gasteiger partial charge in [0, 0.05) is 65.4 Å². The van der Waals surface area contributed by atoms with Crippen LogP contribution in [-0.2, 0) is 0 Å². The minimum atomic E-state index is -0.330. The molecule has 31 heavy (non-hydrogen) atoms. The van der Waals surface area contributed by atoms with Crippen molar-refractivity contribution in [3.8, 4) is 0 Å². The van der Waals surface area contributed by atoms with Crippen molar-refractivity contribution in [2.45, 2.75) is 0 Å². The summed E-state index contributed by atoms with van der Waals surface area (Å²) in [5, 5.41) is 3.56. The predicted molar refractivity (Wildman–Crippen MR) is 121 cm³/mol. The van der Waals surface area contributed by atoms with Gasteiger partial charge in [-0.25, -0.2) is 4.98 Å². The number of aromatic nitrogens is 2. The number of amides is 2. The fourth-order valence-corrected chi connectivity index (χ4v) is 3.89. The lowest BCUT2D eigenvalue weighted by atomic mass is 10.1. The average molecular weight is 456 g/mol. The van der Waals surface area contributed by atoms with Crippen LogP contribution in [0.2, 0.25) is 10.0 Å². The summed E-state index contributed by atoms with van der Waals surface area (Å²) in [6.45, 7) is 2.59. The molecule has 0 aliphatic carbocycles. The molecule has 9 heteroatoms. The van der Waals surface area contributed by atoms with Crippen LogP contribution in [0.1, 0.15) is 20.7 Å². The number of carbonyl (C=O) groups excluding carboxylic acids is 2. The zero-order valence-electron chi connectivity index (χ0n) is 16.5. The lowest BCUT2D eigenvalue weighted by molar-refractivity contribution is 0.0746. The highest BCUT2D eigenvalue weighted by molar-refractivity contribution is 6.35. The molecule has 0 saturated carbocycles. The van der Waals surface area contributed by atoms with Gasteiger partial charge in [0.1, 0.15) is 5.82 Å². The molecule has 1 N–H and O–H groups in total. The van der Waals surface area contributed by atoms with Crippen LogP contribution in [0, 0.1) is 0 Å². The molecule has 3 aromatic rings. The lowest BCUT2D eigenvalue weighted by Gasteiger charge is -2.35. The Morgan fingerprint density at radius 1 is 0.871 bits per heavy atom. The first-order valence-electron chi connectivity index (χ1n) is 9.67. The van der Waals surface area contributed by atoms with Crippen LogP contribution in [0.15, 0.2) is 61.1 Å². The van der Waals surface area contributed by atoms with E-state index in [1.807, 2.05) is 4.90 Å². The lowest BCUT2D eigenvalue weighted by Crippen LogP contribution is -2.49. The maximum Gasteiger partial charge on any atom is 0.255 e. The van der Waals surface area contributed by atoms with E-state index in [9.17, 15) is 9.59 Å². The van der Waals surface area contributed by atoms with Crippen molar-refractivity contribution in [1.29, 1.82) is 0 Å². The number of nitrogens with zero attached hydrogens (tertiary/aromatic N) is 4. The number of rotatable bonds is 4. The van der Waals surface area contributed by atoms with Crippen LogP contribution in [0.25, 0.3) is 0 Å². The largest absolute Gasteiger partial charge is 0.352 e. The third-order valence-corrected chi connectivity index (χ3v) is 5.39. The van der Waals surface area contributed by atoms with Gasteiger partial charge in [-0.2, -0.15) is 0 Å². The van der Waals surface area contributed by atoms with Crippen molar-refractivity contribution >= 4 is 46.5 Å². The molecule has 1 fully saturated rings. The van der Waals surface area contributed by atoms with E-state index in [1.54, 1.807) is 61.1 Å². The standard InChI is InChI=1S/C22H19Cl2N5O2/c23-17-11-16(12-18(24)13-17)21(30)27-19-3-1-15(2-4-19)22(31)29-9-7-28(8-10-29)20-14-25-5-6-26-20/h1-6,11-14H,7-10H2,(H,27,30). The highest BCUT2D eigenvalue weighted by atomic mass is 35.5. The first-order chi connectivity index (χ1) is 15.0. The smallest absolute Gasteiger partial charge is 0.255 e. The monoisotopic (exact) mass is 455 g/mol. The number of hydrogen-bond donors (Lipinski definition) is 1. The Balaban J connectivity index is 1.36. The van der Waals surface area contributed by atoms with Crippen LogP contribution in [0.4, 0.5) is 11.5 Å². The summed E-state index contributed by atoms with van der Waals surface area (Å²) in [4.78, 5) is 37.6. The van der Waals surface area contributed by atoms with Gasteiger partial charge < -0.3 is 15.1 Å². The summed E-state index contributed by atoms with van der Waals surface area (Å²) in [5.41, 5.74) is 1.50. The van der Waals surface area contributed by atoms with Gasteiger partial charge in [0.05, 0.1) is 6.20 Å². The van der Waals surface area contributed by atoms with E-state index in [0.29, 0.717) is 53.0 Å². The fraction of sp³-hybridized carbons (Fsp3) is 0.182. The van der Waals surface area contributed by atoms with E-state index in [0.717, 1.165) is 5.82 Å². The van der Waals surface area contributed by atoms with Gasteiger partial charge in [-0.15, -0.1) is 0 Å². The number of anilines is 2. The normalized spacial score (nSPS) is 13.7. The number of hydrogen-bond acceptors (Lipinski definition) is 5. The third-order valence-electron chi connectivity index (χ3n) is 4.95. The Labute approximate surface area is 189 Å². The van der Waals surface area contributed by atoms with E-state index in [1.165, 1.54) is 0 Å². The fourth-order valence-electron chi connectivity index (χ4n) is 3.36. The Bertz CT molecular complexity index is 1060. The zero-order chi connectivity index (χ0) is 21.8. The van der Waals surface area contributed by atoms with Crippen LogP contribution in [-0.4, -0.2) is 52.9 Å². The Morgan fingerprint density at radius 3 is 2.16 bits per heavy atom. The summed E-state index contributed by atoms with van der Waals surface area (Å²) in [5.74, 6) is 0.442. The minimum absolute atomic E-state index is 0.0432. The van der Waals surface area contributed by atoms with Crippen molar-refractivity contribution < 1.29 is 9.59 Å². The molecule has 0 spiro atoms. The highest BCUT2D eigenvalue weighted by Crippen LogP contribution is 2.21. The van der Waals surface area contributed by atoms with Gasteiger partial charge in [0.25, 0.3) is 11.8 Å². The van der Waals surface area contributed by atoms with Gasteiger partial charge in [-0.3, -0.25) is 14.6 Å². The Hall–Kier alpha value is -3.16. The number of benzene rings is 2. The van der Waals surface area contributed by atoms with Crippen LogP contribution in [0.3, 0.4) is 0 Å². The molecule has 0 atom stereocenters. The maximum absolute atomic E-state index is 12.8. The van der Waals surface area contributed by atoms with Gasteiger partial charge in [0.15, 0.2) is 0 Å². The molecule has 1 aliphatic rings. The number of nitrogens with one attached hydrogen (secondary N) is 1. The third kappa shape index (κ3) is 5.13. The quantitative estimate of drug-likeness (QED) is 0.642. The number of halogens is 2. The molecule has 1 aromatic heterocycles. The van der Waals surface area contributed by atoms with E-state index >= 15 is 0 Å². The number of piperazine rings is 1. The van der Waals surface area contributed by atoms with E-state index in [2.05, 4.69) is 20.2 Å². The summed E-state index contributed by atoms with van der Waals surface area (Å²) < 4.78 is 0. The van der Waals surface area contributed by atoms with Crippen molar-refractivity contribution in [3.05, 3.63) is 82.2 Å². The molecule has 1 aliphatic heterocycles. The van der Waals surface area contributed by atoms with Gasteiger partial charge in [-0.05, 0) is 42.5 Å². The summed E-state index contributed by atoms with van der Waals surface area (Å²) in [7, 11) is 0. The Kier molecular flexibility index (Phi) is 6.34. The molecular formula is C22H19Cl2N5O2. The molecule has 1 saturated heterocycles. The van der Waals surface area contributed by atoms with Crippen molar-refractivity contribution in [2.24, 2.45) is 0 Å². The second-order valence-corrected chi connectivity index (χ2v) is 7.91. The summed E-state index contributed by atoms with van der Waals surface area (Å²) in [6, 6.07) is 11.5. The predicted octanol–water partition coefficient (Wildman–Crippen LogP) is 4.00. The molecule has 4 rings (SSSR count). The number of carbonyl (C=O) groups is 2. The van der Waals surface area contributed by atoms with E-state index in [4.69, 9.17) is 23.2 Å². The molecule has 0 unspecified atom stereocenters. The molecule has 2 aromatic carbocycles. The second-order valence-electron chi connectivity index (χ2n) is 7.03. The van der Waals surface area contributed by atoms with Crippen molar-refractivity contribution in [3.63, 3.8) is 0 Å². The molecule has 7 nitrogen and oxygen atoms in total. The van der Waals surface area contributed by atoms with Crippen LogP contribution >= 0.6 is 23.2 Å². The molecular weight excluding hydrogens is 437 g/mol. The SMILES string of the molecule is O=C(Nc1ccc(C(=O)N2CCN(c3cnccn3)CC2)cc1)c1cc(Cl)cc(Cl)c1. The van der Waals surface area contributed by atoms with Gasteiger partial charge in [0.2, 0.25) is 0 Å². The summed E-state index contributed by atoms with van der Waals surface area (Å²) >= 11 is 11.9. The molecule has 2 heterocycles. The average Bonchev–Trinajstić information content (AvgIpc) is 2.79. The Morgan fingerprint density at radius 2 is 1.55 bits per heavy atom. The van der Waals surface area contributed by atoms with E-state index < -0.39 is 0 Å². The first kappa shape index (κ1) is 21.1.